The lowest BCUT2D eigenvalue weighted by molar-refractivity contribution is -0.117. The second-order valence-electron chi connectivity index (χ2n) is 5.16. The van der Waals surface area contributed by atoms with E-state index in [1.807, 2.05) is 48.5 Å². The van der Waals surface area contributed by atoms with Crippen LogP contribution in [0.25, 0.3) is 0 Å². The molecule has 3 rings (SSSR count). The quantitative estimate of drug-likeness (QED) is 0.926. The van der Waals surface area contributed by atoms with Crippen LogP contribution < -0.4 is 10.2 Å². The molecule has 0 aliphatic carbocycles. The van der Waals surface area contributed by atoms with Gasteiger partial charge in [-0.2, -0.15) is 0 Å². The highest BCUT2D eigenvalue weighted by Crippen LogP contribution is 2.24. The highest BCUT2D eigenvalue weighted by Gasteiger charge is 2.21. The summed E-state index contributed by atoms with van der Waals surface area (Å²) in [6, 6.07) is 12.2. The third-order valence-corrected chi connectivity index (χ3v) is 3.76. The number of carbonyl (C=O) groups excluding carboxylic acids is 1. The number of benzene rings is 1. The molecule has 1 amide bonds. The molecule has 0 saturated carbocycles. The first-order valence-electron chi connectivity index (χ1n) is 6.98. The third kappa shape index (κ3) is 2.54. The fourth-order valence-electron chi connectivity index (χ4n) is 2.58. The van der Waals surface area contributed by atoms with Crippen molar-refractivity contribution in [1.82, 2.24) is 4.57 Å². The van der Waals surface area contributed by atoms with Crippen LogP contribution in [0.2, 0.25) is 0 Å². The van der Waals surface area contributed by atoms with Gasteiger partial charge in [-0.25, -0.2) is 0 Å². The van der Waals surface area contributed by atoms with E-state index >= 15 is 0 Å². The van der Waals surface area contributed by atoms with Gasteiger partial charge in [-0.15, -0.1) is 0 Å². The van der Waals surface area contributed by atoms with E-state index in [1.165, 1.54) is 5.69 Å². The van der Waals surface area contributed by atoms with Gasteiger partial charge in [0.15, 0.2) is 0 Å². The zero-order valence-corrected chi connectivity index (χ0v) is 11.7. The predicted molar refractivity (Wildman–Crippen MR) is 80.8 cm³/mol. The molecule has 1 saturated heterocycles. The van der Waals surface area contributed by atoms with E-state index in [1.54, 1.807) is 0 Å². The number of aryl methyl sites for hydroxylation is 1. The van der Waals surface area contributed by atoms with E-state index in [9.17, 15) is 4.79 Å². The van der Waals surface area contributed by atoms with Gasteiger partial charge in [0.1, 0.15) is 0 Å². The van der Waals surface area contributed by atoms with Crippen molar-refractivity contribution in [1.29, 1.82) is 0 Å². The Labute approximate surface area is 119 Å². The van der Waals surface area contributed by atoms with Gasteiger partial charge < -0.3 is 14.8 Å². The first kappa shape index (κ1) is 12.8. The summed E-state index contributed by atoms with van der Waals surface area (Å²) in [6.45, 7) is 1.61. The molecular formula is C16H19N3O. The molecule has 1 N–H and O–H groups in total. The molecule has 20 heavy (non-hydrogen) atoms. The minimum Gasteiger partial charge on any atom is -0.379 e. The van der Waals surface area contributed by atoms with Gasteiger partial charge >= 0.3 is 0 Å². The van der Waals surface area contributed by atoms with E-state index in [0.717, 1.165) is 30.9 Å². The molecule has 0 radical (unpaired) electrons. The molecule has 0 atom stereocenters. The van der Waals surface area contributed by atoms with Crippen molar-refractivity contribution in [2.45, 2.75) is 19.4 Å². The Morgan fingerprint density at radius 1 is 1.25 bits per heavy atom. The first-order valence-corrected chi connectivity index (χ1v) is 6.98. The van der Waals surface area contributed by atoms with Gasteiger partial charge in [-0.3, -0.25) is 4.79 Å². The van der Waals surface area contributed by atoms with Gasteiger partial charge in [0.05, 0.1) is 6.54 Å². The number of carbonyl (C=O) groups is 1. The van der Waals surface area contributed by atoms with E-state index in [2.05, 4.69) is 16.0 Å². The van der Waals surface area contributed by atoms with Gasteiger partial charge in [0, 0.05) is 43.3 Å². The molecule has 1 aliphatic heterocycles. The highest BCUT2D eigenvalue weighted by atomic mass is 16.2. The Hall–Kier alpha value is -2.23. The van der Waals surface area contributed by atoms with Crippen LogP contribution in [0.5, 0.6) is 0 Å². The van der Waals surface area contributed by atoms with Crippen LogP contribution in [0, 0.1) is 0 Å². The van der Waals surface area contributed by atoms with Gasteiger partial charge in [-0.05, 0) is 36.8 Å². The molecule has 4 nitrogen and oxygen atoms in total. The molecule has 1 aromatic carbocycles. The Morgan fingerprint density at radius 2 is 2.15 bits per heavy atom. The molecule has 0 spiro atoms. The fraction of sp³-hybridized carbons (Fsp3) is 0.312. The number of amides is 1. The zero-order valence-electron chi connectivity index (χ0n) is 11.7. The molecule has 2 heterocycles. The maximum atomic E-state index is 11.8. The fourth-order valence-corrected chi connectivity index (χ4v) is 2.58. The molecule has 0 bridgehead atoms. The Balaban J connectivity index is 1.71. The molecule has 4 heteroatoms. The number of aromatic nitrogens is 1. The number of hydrogen-bond acceptors (Lipinski definition) is 2. The van der Waals surface area contributed by atoms with Crippen molar-refractivity contribution in [2.24, 2.45) is 7.05 Å². The van der Waals surface area contributed by atoms with Crippen molar-refractivity contribution in [2.75, 3.05) is 16.8 Å². The molecule has 0 unspecified atom stereocenters. The maximum absolute atomic E-state index is 11.8. The Kier molecular flexibility index (Phi) is 3.46. The lowest BCUT2D eigenvalue weighted by atomic mass is 10.2. The summed E-state index contributed by atoms with van der Waals surface area (Å²) in [7, 11) is 2.04. The molecular weight excluding hydrogens is 250 g/mol. The van der Waals surface area contributed by atoms with Crippen LogP contribution in [-0.4, -0.2) is 17.0 Å². The molecule has 1 aromatic heterocycles. The first-order chi connectivity index (χ1) is 9.74. The largest absolute Gasteiger partial charge is 0.379 e. The van der Waals surface area contributed by atoms with Crippen LogP contribution in [0.1, 0.15) is 18.5 Å². The van der Waals surface area contributed by atoms with Crippen LogP contribution in [0.3, 0.4) is 0 Å². The van der Waals surface area contributed by atoms with Gasteiger partial charge in [0.25, 0.3) is 0 Å². The van der Waals surface area contributed by atoms with Crippen molar-refractivity contribution in [3.8, 4) is 0 Å². The number of rotatable bonds is 4. The van der Waals surface area contributed by atoms with Crippen LogP contribution in [0.4, 0.5) is 11.4 Å². The smallest absolute Gasteiger partial charge is 0.227 e. The second kappa shape index (κ2) is 5.41. The highest BCUT2D eigenvalue weighted by molar-refractivity contribution is 5.95. The maximum Gasteiger partial charge on any atom is 0.227 e. The topological polar surface area (TPSA) is 37.3 Å². The summed E-state index contributed by atoms with van der Waals surface area (Å²) in [5.41, 5.74) is 3.26. The molecule has 104 valence electrons. The third-order valence-electron chi connectivity index (χ3n) is 3.76. The van der Waals surface area contributed by atoms with Crippen LogP contribution in [0.15, 0.2) is 42.6 Å². The Bertz CT molecular complexity index is 618. The van der Waals surface area contributed by atoms with Crippen LogP contribution >= 0.6 is 0 Å². The zero-order chi connectivity index (χ0) is 13.9. The lowest BCUT2D eigenvalue weighted by Crippen LogP contribution is -2.23. The molecule has 1 aliphatic rings. The summed E-state index contributed by atoms with van der Waals surface area (Å²) in [4.78, 5) is 13.6. The average Bonchev–Trinajstić information content (AvgIpc) is 3.05. The number of nitrogens with one attached hydrogen (secondary N) is 1. The second-order valence-corrected chi connectivity index (χ2v) is 5.16. The van der Waals surface area contributed by atoms with Crippen molar-refractivity contribution in [3.63, 3.8) is 0 Å². The van der Waals surface area contributed by atoms with E-state index in [-0.39, 0.29) is 5.91 Å². The predicted octanol–water partition coefficient (Wildman–Crippen LogP) is 2.76. The van der Waals surface area contributed by atoms with E-state index in [0.29, 0.717) is 6.42 Å². The minimum atomic E-state index is 0.226. The molecule has 1 fully saturated rings. The van der Waals surface area contributed by atoms with Crippen molar-refractivity contribution in [3.05, 3.63) is 48.3 Å². The Morgan fingerprint density at radius 3 is 2.85 bits per heavy atom. The summed E-state index contributed by atoms with van der Waals surface area (Å²) in [5.74, 6) is 0.226. The number of anilines is 2. The van der Waals surface area contributed by atoms with Crippen molar-refractivity contribution >= 4 is 17.3 Å². The van der Waals surface area contributed by atoms with Gasteiger partial charge in [-0.1, -0.05) is 6.07 Å². The van der Waals surface area contributed by atoms with E-state index in [4.69, 9.17) is 0 Å². The molecule has 2 aromatic rings. The van der Waals surface area contributed by atoms with E-state index < -0.39 is 0 Å². The minimum absolute atomic E-state index is 0.226. The lowest BCUT2D eigenvalue weighted by Gasteiger charge is -2.17. The standard InChI is InChI=1S/C16H19N3O/c1-18-9-3-7-15(18)12-17-13-5-2-6-14(11-13)19-10-4-8-16(19)20/h2-3,5-7,9,11,17H,4,8,10,12H2,1H3. The summed E-state index contributed by atoms with van der Waals surface area (Å²) in [6.07, 6.45) is 3.66. The summed E-state index contributed by atoms with van der Waals surface area (Å²) < 4.78 is 2.10. The SMILES string of the molecule is Cn1cccc1CNc1cccc(N2CCCC2=O)c1. The summed E-state index contributed by atoms with van der Waals surface area (Å²) in [5, 5.41) is 3.41. The normalized spacial score (nSPS) is 14.8. The number of nitrogens with zero attached hydrogens (tertiary/aromatic N) is 2. The average molecular weight is 269 g/mol. The van der Waals surface area contributed by atoms with Gasteiger partial charge in [0.2, 0.25) is 5.91 Å². The summed E-state index contributed by atoms with van der Waals surface area (Å²) >= 11 is 0. The van der Waals surface area contributed by atoms with Crippen LogP contribution in [-0.2, 0) is 18.4 Å². The number of hydrogen-bond donors (Lipinski definition) is 1. The van der Waals surface area contributed by atoms with Crippen molar-refractivity contribution < 1.29 is 4.79 Å². The monoisotopic (exact) mass is 269 g/mol.